The smallest absolute Gasteiger partial charge is 0.206 e. The van der Waals surface area contributed by atoms with E-state index in [1.807, 2.05) is 0 Å². The van der Waals surface area contributed by atoms with Gasteiger partial charge >= 0.3 is 0 Å². The van der Waals surface area contributed by atoms with Gasteiger partial charge in [0.25, 0.3) is 0 Å². The van der Waals surface area contributed by atoms with Crippen LogP contribution in [-0.4, -0.2) is 5.78 Å². The molecule has 0 unspecified atom stereocenters. The zero-order valence-corrected chi connectivity index (χ0v) is 11.6. The molecule has 0 bridgehead atoms. The molecular formula is C11H3BrClF3OS. The molecule has 0 aliphatic rings. The van der Waals surface area contributed by atoms with Gasteiger partial charge in [-0.25, -0.2) is 13.2 Å². The lowest BCUT2D eigenvalue weighted by Crippen LogP contribution is -2.05. The molecular weight excluding hydrogens is 353 g/mol. The van der Waals surface area contributed by atoms with Gasteiger partial charge in [-0.3, -0.25) is 4.79 Å². The van der Waals surface area contributed by atoms with Crippen molar-refractivity contribution >= 4 is 44.7 Å². The van der Waals surface area contributed by atoms with E-state index < -0.39 is 28.8 Å². The van der Waals surface area contributed by atoms with Gasteiger partial charge in [-0.1, -0.05) is 11.6 Å². The van der Waals surface area contributed by atoms with Crippen molar-refractivity contribution in [3.05, 3.63) is 54.9 Å². The molecule has 0 N–H and O–H groups in total. The molecule has 0 saturated heterocycles. The molecule has 1 aromatic heterocycles. The minimum atomic E-state index is -1.66. The molecule has 18 heavy (non-hydrogen) atoms. The van der Waals surface area contributed by atoms with Gasteiger partial charge in [0, 0.05) is 0 Å². The zero-order chi connectivity index (χ0) is 13.4. The molecule has 0 aliphatic heterocycles. The summed E-state index contributed by atoms with van der Waals surface area (Å²) in [6.07, 6.45) is 0. The average molecular weight is 356 g/mol. The fourth-order valence-corrected chi connectivity index (χ4v) is 2.95. The van der Waals surface area contributed by atoms with Crippen LogP contribution >= 0.6 is 38.9 Å². The fraction of sp³-hybridized carbons (Fsp3) is 0. The molecule has 0 saturated carbocycles. The average Bonchev–Trinajstić information content (AvgIpc) is 2.66. The van der Waals surface area contributed by atoms with E-state index in [0.29, 0.717) is 14.9 Å². The number of rotatable bonds is 2. The van der Waals surface area contributed by atoms with Crippen molar-refractivity contribution < 1.29 is 18.0 Å². The molecule has 1 aromatic carbocycles. The van der Waals surface area contributed by atoms with Crippen LogP contribution < -0.4 is 0 Å². The first-order chi connectivity index (χ1) is 8.41. The number of halogens is 5. The predicted octanol–water partition coefficient (Wildman–Crippen LogP) is 4.81. The molecule has 2 aromatic rings. The summed E-state index contributed by atoms with van der Waals surface area (Å²) in [6, 6.07) is 2.94. The van der Waals surface area contributed by atoms with Crippen LogP contribution in [-0.2, 0) is 0 Å². The van der Waals surface area contributed by atoms with Crippen molar-refractivity contribution in [1.29, 1.82) is 0 Å². The van der Waals surface area contributed by atoms with Crippen LogP contribution in [0, 0.1) is 17.5 Å². The normalized spacial score (nSPS) is 10.7. The van der Waals surface area contributed by atoms with Gasteiger partial charge in [-0.05, 0) is 34.1 Å². The van der Waals surface area contributed by atoms with Crippen molar-refractivity contribution in [2.45, 2.75) is 0 Å². The summed E-state index contributed by atoms with van der Waals surface area (Å²) in [5, 5.41) is 0.298. The van der Waals surface area contributed by atoms with Gasteiger partial charge < -0.3 is 0 Å². The quantitative estimate of drug-likeness (QED) is 0.558. The minimum absolute atomic E-state index is 0.136. The molecule has 1 heterocycles. The van der Waals surface area contributed by atoms with Gasteiger partial charge in [-0.2, -0.15) is 0 Å². The number of thiophene rings is 1. The molecule has 7 heteroatoms. The summed E-state index contributed by atoms with van der Waals surface area (Å²) in [4.78, 5) is 12.0. The molecule has 2 rings (SSSR count). The third-order valence-corrected chi connectivity index (χ3v) is 4.62. The van der Waals surface area contributed by atoms with Gasteiger partial charge in [0.2, 0.25) is 5.78 Å². The van der Waals surface area contributed by atoms with Gasteiger partial charge in [-0.15, -0.1) is 11.3 Å². The fourth-order valence-electron chi connectivity index (χ4n) is 1.29. The van der Waals surface area contributed by atoms with E-state index in [1.54, 1.807) is 0 Å². The van der Waals surface area contributed by atoms with Crippen molar-refractivity contribution in [1.82, 2.24) is 0 Å². The maximum Gasteiger partial charge on any atom is 0.206 e. The monoisotopic (exact) mass is 354 g/mol. The van der Waals surface area contributed by atoms with Crippen LogP contribution in [0.5, 0.6) is 0 Å². The maximum atomic E-state index is 13.4. The van der Waals surface area contributed by atoms with Crippen molar-refractivity contribution in [3.63, 3.8) is 0 Å². The highest BCUT2D eigenvalue weighted by Gasteiger charge is 2.22. The van der Waals surface area contributed by atoms with Crippen molar-refractivity contribution in [2.24, 2.45) is 0 Å². The van der Waals surface area contributed by atoms with Crippen LogP contribution in [0.4, 0.5) is 13.2 Å². The topological polar surface area (TPSA) is 17.1 Å². The Bertz CT molecular complexity index is 622. The molecule has 0 aliphatic carbocycles. The summed E-state index contributed by atoms with van der Waals surface area (Å²) in [7, 11) is 0. The third-order valence-electron chi connectivity index (χ3n) is 2.15. The Morgan fingerprint density at radius 1 is 1.22 bits per heavy atom. The lowest BCUT2D eigenvalue weighted by molar-refractivity contribution is 0.103. The standard InChI is InChI=1S/C11H3BrClF3OS/c12-11-5(13)3-7(18-11)10(17)4-1-2-6(14)9(16)8(4)15/h1-3H. The maximum absolute atomic E-state index is 13.4. The van der Waals surface area contributed by atoms with Crippen molar-refractivity contribution in [3.8, 4) is 0 Å². The lowest BCUT2D eigenvalue weighted by Gasteiger charge is -2.01. The van der Waals surface area contributed by atoms with Crippen LogP contribution in [0.25, 0.3) is 0 Å². The Morgan fingerprint density at radius 2 is 1.89 bits per heavy atom. The Labute approximate surface area is 117 Å². The number of hydrogen-bond acceptors (Lipinski definition) is 2. The van der Waals surface area contributed by atoms with E-state index in [-0.39, 0.29) is 4.88 Å². The van der Waals surface area contributed by atoms with E-state index in [9.17, 15) is 18.0 Å². The first-order valence-corrected chi connectivity index (χ1v) is 6.53. The summed E-state index contributed by atoms with van der Waals surface area (Å²) >= 11 is 9.84. The number of carbonyl (C=O) groups excluding carboxylic acids is 1. The predicted molar refractivity (Wildman–Crippen MR) is 66.8 cm³/mol. The highest BCUT2D eigenvalue weighted by Crippen LogP contribution is 2.33. The van der Waals surface area contributed by atoms with Crippen LogP contribution in [0.2, 0.25) is 5.02 Å². The third kappa shape index (κ3) is 2.32. The van der Waals surface area contributed by atoms with Crippen LogP contribution in [0.3, 0.4) is 0 Å². The molecule has 0 amide bonds. The van der Waals surface area contributed by atoms with Gasteiger partial charge in [0.05, 0.1) is 19.2 Å². The van der Waals surface area contributed by atoms with E-state index in [0.717, 1.165) is 17.4 Å². The molecule has 0 atom stereocenters. The van der Waals surface area contributed by atoms with E-state index in [2.05, 4.69) is 15.9 Å². The number of carbonyl (C=O) groups is 1. The largest absolute Gasteiger partial charge is 0.288 e. The molecule has 94 valence electrons. The highest BCUT2D eigenvalue weighted by molar-refractivity contribution is 9.11. The summed E-state index contributed by atoms with van der Waals surface area (Å²) in [5.41, 5.74) is -0.528. The Hall–Kier alpha value is -0.850. The minimum Gasteiger partial charge on any atom is -0.288 e. The van der Waals surface area contributed by atoms with Gasteiger partial charge in [0.15, 0.2) is 17.5 Å². The Morgan fingerprint density at radius 3 is 2.44 bits per heavy atom. The number of ketones is 1. The second-order valence-corrected chi connectivity index (χ2v) is 6.06. The van der Waals surface area contributed by atoms with E-state index in [4.69, 9.17) is 11.6 Å². The molecule has 1 nitrogen and oxygen atoms in total. The molecule has 0 radical (unpaired) electrons. The van der Waals surface area contributed by atoms with E-state index >= 15 is 0 Å². The van der Waals surface area contributed by atoms with E-state index in [1.165, 1.54) is 6.07 Å². The molecule has 0 spiro atoms. The summed E-state index contributed by atoms with van der Waals surface area (Å²) in [5.74, 6) is -5.25. The second kappa shape index (κ2) is 5.03. The Kier molecular flexibility index (Phi) is 3.79. The summed E-state index contributed by atoms with van der Waals surface area (Å²) < 4.78 is 39.7. The lowest BCUT2D eigenvalue weighted by atomic mass is 10.1. The number of benzene rings is 1. The van der Waals surface area contributed by atoms with Crippen LogP contribution in [0.1, 0.15) is 15.2 Å². The zero-order valence-electron chi connectivity index (χ0n) is 8.44. The molecule has 0 fully saturated rings. The first-order valence-electron chi connectivity index (χ1n) is 4.55. The number of hydrogen-bond donors (Lipinski definition) is 0. The van der Waals surface area contributed by atoms with Crippen LogP contribution in [0.15, 0.2) is 22.0 Å². The highest BCUT2D eigenvalue weighted by atomic mass is 79.9. The first kappa shape index (κ1) is 13.6. The Balaban J connectivity index is 2.50. The SMILES string of the molecule is O=C(c1cc(Cl)c(Br)s1)c1ccc(F)c(F)c1F. The van der Waals surface area contributed by atoms with Gasteiger partial charge in [0.1, 0.15) is 0 Å². The van der Waals surface area contributed by atoms with Crippen molar-refractivity contribution in [2.75, 3.05) is 0 Å². The second-order valence-electron chi connectivity index (χ2n) is 3.28. The summed E-state index contributed by atoms with van der Waals surface area (Å²) in [6.45, 7) is 0.